The highest BCUT2D eigenvalue weighted by molar-refractivity contribution is 8.00. The number of rotatable bonds is 14. The molecule has 0 N–H and O–H groups in total. The topological polar surface area (TPSA) is 123 Å². The summed E-state index contributed by atoms with van der Waals surface area (Å²) in [5.41, 5.74) is 5.88. The molecule has 0 bridgehead atoms. The van der Waals surface area contributed by atoms with E-state index in [1.165, 1.54) is 0 Å². The molecule has 0 fully saturated rings. The number of nitrogens with zero attached hydrogens (tertiary/aromatic N) is 8. The second kappa shape index (κ2) is 17.4. The van der Waals surface area contributed by atoms with Crippen LogP contribution in [-0.4, -0.2) is 52.7 Å². The van der Waals surface area contributed by atoms with E-state index in [0.717, 1.165) is 55.5 Å². The SMILES string of the molecule is Clc1ccc(OCc2nnc3n2N=C(c2ccc(OCc4ccccc4COc4ccc(C5=Nn6c(COc7ccc(Cl)cc7)nnc6SC5)cc4)cc2)CS3)cc1. The van der Waals surface area contributed by atoms with Gasteiger partial charge in [-0.3, -0.25) is 0 Å². The maximum Gasteiger partial charge on any atom is 0.212 e. The van der Waals surface area contributed by atoms with Crippen molar-refractivity contribution in [1.82, 2.24) is 29.7 Å². The van der Waals surface area contributed by atoms with E-state index in [1.54, 1.807) is 57.1 Å². The van der Waals surface area contributed by atoms with Gasteiger partial charge >= 0.3 is 0 Å². The maximum atomic E-state index is 6.23. The van der Waals surface area contributed by atoms with Crippen molar-refractivity contribution < 1.29 is 18.9 Å². The van der Waals surface area contributed by atoms with Crippen molar-refractivity contribution in [2.45, 2.75) is 36.7 Å². The fourth-order valence-electron chi connectivity index (χ4n) is 6.01. The first-order chi connectivity index (χ1) is 28.5. The molecule has 290 valence electrons. The summed E-state index contributed by atoms with van der Waals surface area (Å²) in [6.45, 7) is 1.24. The minimum atomic E-state index is 0.227. The van der Waals surface area contributed by atoms with Crippen LogP contribution >= 0.6 is 46.7 Å². The zero-order chi connectivity index (χ0) is 39.3. The quantitative estimate of drug-likeness (QED) is 0.105. The third kappa shape index (κ3) is 8.85. The van der Waals surface area contributed by atoms with Crippen LogP contribution in [0, 0.1) is 0 Å². The Kier molecular flexibility index (Phi) is 11.3. The normalized spacial score (nSPS) is 13.2. The van der Waals surface area contributed by atoms with E-state index in [2.05, 4.69) is 32.5 Å². The molecule has 12 nitrogen and oxygen atoms in total. The van der Waals surface area contributed by atoms with E-state index < -0.39 is 0 Å². The predicted molar refractivity (Wildman–Crippen MR) is 225 cm³/mol. The van der Waals surface area contributed by atoms with Crippen LogP contribution < -0.4 is 18.9 Å². The van der Waals surface area contributed by atoms with Crippen LogP contribution in [0.2, 0.25) is 10.0 Å². The number of halogens is 2. The first-order valence-corrected chi connectivity index (χ1v) is 20.8. The Bertz CT molecular complexity index is 2420. The van der Waals surface area contributed by atoms with Gasteiger partial charge < -0.3 is 18.9 Å². The molecule has 0 atom stereocenters. The molecule has 2 aromatic heterocycles. The zero-order valence-corrected chi connectivity index (χ0v) is 33.7. The molecule has 0 spiro atoms. The molecule has 0 unspecified atom stereocenters. The molecule has 0 saturated carbocycles. The van der Waals surface area contributed by atoms with Crippen LogP contribution in [0.15, 0.2) is 142 Å². The number of benzene rings is 5. The van der Waals surface area contributed by atoms with Crippen molar-refractivity contribution >= 4 is 58.1 Å². The van der Waals surface area contributed by atoms with Crippen molar-refractivity contribution in [2.24, 2.45) is 10.2 Å². The Morgan fingerprint density at radius 3 is 1.21 bits per heavy atom. The van der Waals surface area contributed by atoms with Crippen LogP contribution in [0.3, 0.4) is 0 Å². The molecule has 0 radical (unpaired) electrons. The number of thioether (sulfide) groups is 2. The first kappa shape index (κ1) is 37.8. The number of ether oxygens (including phenoxy) is 4. The molecule has 9 rings (SSSR count). The summed E-state index contributed by atoms with van der Waals surface area (Å²) in [4.78, 5) is 0. The molecule has 2 aliphatic heterocycles. The fraction of sp³-hybridized carbons (Fsp3) is 0.143. The summed E-state index contributed by atoms with van der Waals surface area (Å²) in [7, 11) is 0. The lowest BCUT2D eigenvalue weighted by Crippen LogP contribution is -2.15. The zero-order valence-electron chi connectivity index (χ0n) is 30.6. The molecule has 0 amide bonds. The monoisotopic (exact) mass is 846 g/mol. The van der Waals surface area contributed by atoms with Crippen LogP contribution in [0.1, 0.15) is 33.9 Å². The van der Waals surface area contributed by atoms with Gasteiger partial charge in [-0.25, -0.2) is 0 Å². The summed E-state index contributed by atoms with van der Waals surface area (Å²) in [5, 5.41) is 29.6. The Balaban J connectivity index is 0.791. The second-order valence-corrected chi connectivity index (χ2v) is 15.7. The molecule has 4 heterocycles. The lowest BCUT2D eigenvalue weighted by atomic mass is 10.1. The molecule has 2 aliphatic rings. The van der Waals surface area contributed by atoms with Gasteiger partial charge in [0.15, 0.2) is 11.6 Å². The standard InChI is InChI=1S/C42H32Cl2N8O4S2/c43-31-9-17-35(18-10-31)55-23-39-45-47-41-51(39)49-37(25-57-41)27-5-13-33(14-6-27)53-21-29-3-1-2-4-30(29)22-54-34-15-7-28(8-16-34)38-26-58-42-48-46-40(52(42)50-38)24-56-36-19-11-32(44)12-20-36/h1-20H,21-26H2. The highest BCUT2D eigenvalue weighted by Gasteiger charge is 2.22. The second-order valence-electron chi connectivity index (χ2n) is 13.0. The Morgan fingerprint density at radius 1 is 0.448 bits per heavy atom. The predicted octanol–water partition coefficient (Wildman–Crippen LogP) is 9.21. The van der Waals surface area contributed by atoms with Gasteiger partial charge in [0.05, 0.1) is 11.4 Å². The fourth-order valence-corrected chi connectivity index (χ4v) is 7.97. The average molecular weight is 848 g/mol. The van der Waals surface area contributed by atoms with Crippen molar-refractivity contribution in [3.8, 4) is 23.0 Å². The molecule has 16 heteroatoms. The van der Waals surface area contributed by atoms with Crippen molar-refractivity contribution in [3.63, 3.8) is 0 Å². The smallest absolute Gasteiger partial charge is 0.212 e. The van der Waals surface area contributed by atoms with Crippen molar-refractivity contribution in [2.75, 3.05) is 11.5 Å². The van der Waals surface area contributed by atoms with Gasteiger partial charge in [-0.05, 0) is 119 Å². The number of hydrogen-bond acceptors (Lipinski definition) is 12. The molecule has 7 aromatic rings. The minimum absolute atomic E-state index is 0.227. The van der Waals surface area contributed by atoms with Gasteiger partial charge in [-0.1, -0.05) is 71.0 Å². The van der Waals surface area contributed by atoms with Gasteiger partial charge in [0.2, 0.25) is 10.3 Å². The van der Waals surface area contributed by atoms with Gasteiger partial charge in [0.25, 0.3) is 0 Å². The molecule has 0 saturated heterocycles. The molecule has 5 aromatic carbocycles. The average Bonchev–Trinajstić information content (AvgIpc) is 3.88. The summed E-state index contributed by atoms with van der Waals surface area (Å²) in [6, 6.07) is 38.5. The van der Waals surface area contributed by atoms with Gasteiger partial charge in [-0.15, -0.1) is 20.4 Å². The lowest BCUT2D eigenvalue weighted by Gasteiger charge is -2.15. The third-order valence-corrected chi connectivity index (χ3v) is 11.5. The van der Waals surface area contributed by atoms with E-state index in [9.17, 15) is 0 Å². The Hall–Kier alpha value is -5.80. The lowest BCUT2D eigenvalue weighted by molar-refractivity contribution is 0.285. The van der Waals surface area contributed by atoms with Crippen LogP contribution in [-0.2, 0) is 26.4 Å². The van der Waals surface area contributed by atoms with E-state index in [-0.39, 0.29) is 13.2 Å². The highest BCUT2D eigenvalue weighted by Crippen LogP contribution is 2.28. The molecule has 58 heavy (non-hydrogen) atoms. The van der Waals surface area contributed by atoms with Gasteiger partial charge in [0.1, 0.15) is 49.4 Å². The van der Waals surface area contributed by atoms with Crippen molar-refractivity contribution in [1.29, 1.82) is 0 Å². The minimum Gasteiger partial charge on any atom is -0.489 e. The van der Waals surface area contributed by atoms with Crippen LogP contribution in [0.25, 0.3) is 0 Å². The summed E-state index contributed by atoms with van der Waals surface area (Å²) in [6.07, 6.45) is 0. The summed E-state index contributed by atoms with van der Waals surface area (Å²) in [5.74, 6) is 5.47. The number of aromatic nitrogens is 6. The van der Waals surface area contributed by atoms with Crippen LogP contribution in [0.5, 0.6) is 23.0 Å². The van der Waals surface area contributed by atoms with Crippen molar-refractivity contribution in [3.05, 3.63) is 165 Å². The molecule has 0 aliphatic carbocycles. The Morgan fingerprint density at radius 2 is 0.810 bits per heavy atom. The summed E-state index contributed by atoms with van der Waals surface area (Å²) >= 11 is 15.2. The highest BCUT2D eigenvalue weighted by atomic mass is 35.5. The van der Waals surface area contributed by atoms with E-state index >= 15 is 0 Å². The first-order valence-electron chi connectivity index (χ1n) is 18.1. The number of hydrogen-bond donors (Lipinski definition) is 0. The van der Waals surface area contributed by atoms with E-state index in [0.29, 0.717) is 57.9 Å². The maximum absolute atomic E-state index is 6.23. The van der Waals surface area contributed by atoms with Gasteiger partial charge in [-0.2, -0.15) is 19.6 Å². The molecular formula is C42H32Cl2N8O4S2. The van der Waals surface area contributed by atoms with Gasteiger partial charge in [0, 0.05) is 21.6 Å². The molecular weight excluding hydrogens is 816 g/mol. The largest absolute Gasteiger partial charge is 0.489 e. The summed E-state index contributed by atoms with van der Waals surface area (Å²) < 4.78 is 27.7. The van der Waals surface area contributed by atoms with E-state index in [4.69, 9.17) is 52.4 Å². The third-order valence-electron chi connectivity index (χ3n) is 9.12. The number of fused-ring (bicyclic) bond motifs is 2. The van der Waals surface area contributed by atoms with Crippen LogP contribution in [0.4, 0.5) is 0 Å². The van der Waals surface area contributed by atoms with E-state index in [1.807, 2.05) is 84.9 Å². The Labute approximate surface area is 351 Å².